The summed E-state index contributed by atoms with van der Waals surface area (Å²) in [6.07, 6.45) is 6.05. The molecule has 0 bridgehead atoms. The molecule has 1 atom stereocenters. The normalized spacial score (nSPS) is 19.6. The largest absolute Gasteiger partial charge is 0.356 e. The van der Waals surface area contributed by atoms with Crippen molar-refractivity contribution in [2.24, 2.45) is 5.92 Å². The first-order valence-corrected chi connectivity index (χ1v) is 10.9. The summed E-state index contributed by atoms with van der Waals surface area (Å²) in [5, 5.41) is 3.10. The van der Waals surface area contributed by atoms with Crippen LogP contribution in [0.3, 0.4) is 0 Å². The summed E-state index contributed by atoms with van der Waals surface area (Å²) in [4.78, 5) is 29.3. The highest BCUT2D eigenvalue weighted by Crippen LogP contribution is 2.22. The molecule has 5 heteroatoms. The van der Waals surface area contributed by atoms with Crippen LogP contribution in [0.15, 0.2) is 24.3 Å². The SMILES string of the molecule is Cc1ccc(C(=O)N2CCC(CC(=O)NCC[C@@H](C)N3CCCC3)CC2)cc1. The molecule has 1 N–H and O–H groups in total. The summed E-state index contributed by atoms with van der Waals surface area (Å²) in [5.74, 6) is 0.661. The maximum Gasteiger partial charge on any atom is 0.253 e. The Labute approximate surface area is 169 Å². The minimum atomic E-state index is 0.110. The van der Waals surface area contributed by atoms with E-state index in [2.05, 4.69) is 17.1 Å². The summed E-state index contributed by atoms with van der Waals surface area (Å²) in [6, 6.07) is 8.32. The molecular formula is C23H35N3O2. The standard InChI is InChI=1S/C23H35N3O2/c1-18-5-7-21(8-6-18)23(28)26-15-10-20(11-16-26)17-22(27)24-12-9-19(2)25-13-3-4-14-25/h5-8,19-20H,3-4,9-17H2,1-2H3,(H,24,27)/t19-/m1/s1. The van der Waals surface area contributed by atoms with E-state index in [4.69, 9.17) is 0 Å². The van der Waals surface area contributed by atoms with Gasteiger partial charge in [-0.15, -0.1) is 0 Å². The Bertz CT molecular complexity index is 644. The number of rotatable bonds is 7. The number of piperidine rings is 1. The molecule has 28 heavy (non-hydrogen) atoms. The van der Waals surface area contributed by atoms with Gasteiger partial charge in [-0.25, -0.2) is 0 Å². The van der Waals surface area contributed by atoms with Crippen molar-refractivity contribution in [3.8, 4) is 0 Å². The molecular weight excluding hydrogens is 350 g/mol. The lowest BCUT2D eigenvalue weighted by Crippen LogP contribution is -2.40. The zero-order valence-electron chi connectivity index (χ0n) is 17.5. The van der Waals surface area contributed by atoms with Crippen LogP contribution in [0.2, 0.25) is 0 Å². The molecule has 3 rings (SSSR count). The molecule has 0 aromatic heterocycles. The van der Waals surface area contributed by atoms with Crippen LogP contribution in [-0.4, -0.2) is 60.4 Å². The first-order chi connectivity index (χ1) is 13.5. The second-order valence-corrected chi connectivity index (χ2v) is 8.54. The average molecular weight is 386 g/mol. The molecule has 2 aliphatic heterocycles. The van der Waals surface area contributed by atoms with Gasteiger partial charge in [-0.2, -0.15) is 0 Å². The lowest BCUT2D eigenvalue weighted by molar-refractivity contribution is -0.122. The summed E-state index contributed by atoms with van der Waals surface area (Å²) in [5.41, 5.74) is 1.92. The lowest BCUT2D eigenvalue weighted by Gasteiger charge is -2.32. The predicted octanol–water partition coefficient (Wildman–Crippen LogP) is 3.23. The quantitative estimate of drug-likeness (QED) is 0.784. The predicted molar refractivity (Wildman–Crippen MR) is 112 cm³/mol. The molecule has 2 aliphatic rings. The van der Waals surface area contributed by atoms with Crippen LogP contribution < -0.4 is 5.32 Å². The van der Waals surface area contributed by atoms with Crippen molar-refractivity contribution in [2.45, 2.75) is 58.4 Å². The van der Waals surface area contributed by atoms with Crippen molar-refractivity contribution in [2.75, 3.05) is 32.7 Å². The minimum absolute atomic E-state index is 0.110. The van der Waals surface area contributed by atoms with E-state index in [1.807, 2.05) is 36.1 Å². The number of nitrogens with one attached hydrogen (secondary N) is 1. The van der Waals surface area contributed by atoms with Crippen LogP contribution in [0.4, 0.5) is 0 Å². The fourth-order valence-electron chi connectivity index (χ4n) is 4.34. The third-order valence-corrected chi connectivity index (χ3v) is 6.32. The highest BCUT2D eigenvalue weighted by molar-refractivity contribution is 5.94. The molecule has 2 saturated heterocycles. The van der Waals surface area contributed by atoms with Crippen LogP contribution in [-0.2, 0) is 4.79 Å². The van der Waals surface area contributed by atoms with E-state index in [-0.39, 0.29) is 11.8 Å². The second-order valence-electron chi connectivity index (χ2n) is 8.54. The van der Waals surface area contributed by atoms with E-state index in [1.165, 1.54) is 25.9 Å². The van der Waals surface area contributed by atoms with E-state index in [9.17, 15) is 9.59 Å². The van der Waals surface area contributed by atoms with Gasteiger partial charge in [0.2, 0.25) is 5.91 Å². The summed E-state index contributed by atoms with van der Waals surface area (Å²) in [7, 11) is 0. The molecule has 0 saturated carbocycles. The van der Waals surface area contributed by atoms with Gasteiger partial charge in [0.15, 0.2) is 0 Å². The van der Waals surface area contributed by atoms with Crippen LogP contribution >= 0.6 is 0 Å². The Morgan fingerprint density at radius 1 is 1.07 bits per heavy atom. The first-order valence-electron chi connectivity index (χ1n) is 10.9. The highest BCUT2D eigenvalue weighted by Gasteiger charge is 2.25. The monoisotopic (exact) mass is 385 g/mol. The number of aryl methyl sites for hydroxylation is 1. The Morgan fingerprint density at radius 2 is 1.71 bits per heavy atom. The van der Waals surface area contributed by atoms with Gasteiger partial charge in [0, 0.05) is 37.7 Å². The number of benzene rings is 1. The van der Waals surface area contributed by atoms with Crippen molar-refractivity contribution < 1.29 is 9.59 Å². The van der Waals surface area contributed by atoms with Gasteiger partial charge >= 0.3 is 0 Å². The van der Waals surface area contributed by atoms with Crippen LogP contribution in [0.1, 0.15) is 61.4 Å². The number of hydrogen-bond acceptors (Lipinski definition) is 3. The molecule has 0 spiro atoms. The number of amides is 2. The molecule has 1 aromatic rings. The van der Waals surface area contributed by atoms with Crippen molar-refractivity contribution in [3.63, 3.8) is 0 Å². The number of carbonyl (C=O) groups excluding carboxylic acids is 2. The third kappa shape index (κ3) is 5.81. The fourth-order valence-corrected chi connectivity index (χ4v) is 4.34. The maximum absolute atomic E-state index is 12.6. The second kappa shape index (κ2) is 10.1. The zero-order chi connectivity index (χ0) is 19.9. The van der Waals surface area contributed by atoms with Gasteiger partial charge in [-0.05, 0) is 77.1 Å². The van der Waals surface area contributed by atoms with E-state index in [1.54, 1.807) is 0 Å². The Morgan fingerprint density at radius 3 is 2.36 bits per heavy atom. The van der Waals surface area contributed by atoms with Crippen molar-refractivity contribution in [3.05, 3.63) is 35.4 Å². The first kappa shape index (κ1) is 20.8. The topological polar surface area (TPSA) is 52.7 Å². The van der Waals surface area contributed by atoms with E-state index >= 15 is 0 Å². The Kier molecular flexibility index (Phi) is 7.49. The molecule has 5 nitrogen and oxygen atoms in total. The number of hydrogen-bond donors (Lipinski definition) is 1. The third-order valence-electron chi connectivity index (χ3n) is 6.32. The average Bonchev–Trinajstić information content (AvgIpc) is 3.23. The summed E-state index contributed by atoms with van der Waals surface area (Å²) < 4.78 is 0. The van der Waals surface area contributed by atoms with Gasteiger partial charge in [-0.3, -0.25) is 9.59 Å². The fraction of sp³-hybridized carbons (Fsp3) is 0.652. The van der Waals surface area contributed by atoms with Gasteiger partial charge in [-0.1, -0.05) is 17.7 Å². The number of nitrogens with zero attached hydrogens (tertiary/aromatic N) is 2. The number of carbonyl (C=O) groups is 2. The smallest absolute Gasteiger partial charge is 0.253 e. The van der Waals surface area contributed by atoms with Gasteiger partial charge in [0.05, 0.1) is 0 Å². The lowest BCUT2D eigenvalue weighted by atomic mass is 9.92. The van der Waals surface area contributed by atoms with Crippen LogP contribution in [0.25, 0.3) is 0 Å². The van der Waals surface area contributed by atoms with Crippen LogP contribution in [0.5, 0.6) is 0 Å². The van der Waals surface area contributed by atoms with Crippen molar-refractivity contribution >= 4 is 11.8 Å². The molecule has 0 aliphatic carbocycles. The summed E-state index contributed by atoms with van der Waals surface area (Å²) in [6.45, 7) is 8.95. The zero-order valence-corrected chi connectivity index (χ0v) is 17.5. The van der Waals surface area contributed by atoms with E-state index in [0.29, 0.717) is 18.4 Å². The van der Waals surface area contributed by atoms with Crippen molar-refractivity contribution in [1.29, 1.82) is 0 Å². The molecule has 2 heterocycles. The maximum atomic E-state index is 12.6. The van der Waals surface area contributed by atoms with Gasteiger partial charge in [0.25, 0.3) is 5.91 Å². The van der Waals surface area contributed by atoms with Gasteiger partial charge in [0.1, 0.15) is 0 Å². The van der Waals surface area contributed by atoms with Crippen molar-refractivity contribution in [1.82, 2.24) is 15.1 Å². The minimum Gasteiger partial charge on any atom is -0.356 e. The molecule has 0 unspecified atom stereocenters. The van der Waals surface area contributed by atoms with Crippen LogP contribution in [0, 0.1) is 12.8 Å². The molecule has 1 aromatic carbocycles. The molecule has 0 radical (unpaired) electrons. The Balaban J connectivity index is 1.33. The molecule has 2 amide bonds. The van der Waals surface area contributed by atoms with E-state index < -0.39 is 0 Å². The Hall–Kier alpha value is -1.88. The summed E-state index contributed by atoms with van der Waals surface area (Å²) >= 11 is 0. The van der Waals surface area contributed by atoms with Gasteiger partial charge < -0.3 is 15.1 Å². The number of likely N-dealkylation sites (tertiary alicyclic amines) is 2. The highest BCUT2D eigenvalue weighted by atomic mass is 16.2. The van der Waals surface area contributed by atoms with E-state index in [0.717, 1.165) is 50.0 Å². The molecule has 2 fully saturated rings. The molecule has 154 valence electrons.